The number of hydrogen-bond acceptors (Lipinski definition) is 2. The molecule has 0 saturated heterocycles. The Morgan fingerprint density at radius 1 is 1.38 bits per heavy atom. The largest absolute Gasteiger partial charge is 0.298 e. The van der Waals surface area contributed by atoms with Gasteiger partial charge in [-0.1, -0.05) is 25.1 Å². The van der Waals surface area contributed by atoms with E-state index in [2.05, 4.69) is 0 Å². The lowest BCUT2D eigenvalue weighted by Crippen LogP contribution is -2.25. The van der Waals surface area contributed by atoms with Gasteiger partial charge in [0.25, 0.3) is 0 Å². The van der Waals surface area contributed by atoms with E-state index < -0.39 is 0 Å². The van der Waals surface area contributed by atoms with Gasteiger partial charge in [-0.3, -0.25) is 9.69 Å². The quantitative estimate of drug-likeness (QED) is 0.739. The van der Waals surface area contributed by atoms with E-state index in [0.29, 0.717) is 25.1 Å². The van der Waals surface area contributed by atoms with E-state index in [1.54, 1.807) is 18.2 Å². The Morgan fingerprint density at radius 2 is 2.06 bits per heavy atom. The summed E-state index contributed by atoms with van der Waals surface area (Å²) >= 11 is 0. The highest BCUT2D eigenvalue weighted by atomic mass is 19.1. The molecule has 1 aromatic rings. The summed E-state index contributed by atoms with van der Waals surface area (Å²) in [7, 11) is 1.83. The van der Waals surface area contributed by atoms with E-state index in [1.807, 2.05) is 18.9 Å². The SMILES string of the molecule is CCCC(=O)CN(C)Cc1ccccc1F. The van der Waals surface area contributed by atoms with Gasteiger partial charge < -0.3 is 0 Å². The maximum Gasteiger partial charge on any atom is 0.146 e. The summed E-state index contributed by atoms with van der Waals surface area (Å²) < 4.78 is 13.3. The smallest absolute Gasteiger partial charge is 0.146 e. The van der Waals surface area contributed by atoms with Gasteiger partial charge in [0.15, 0.2) is 0 Å². The van der Waals surface area contributed by atoms with Crippen LogP contribution >= 0.6 is 0 Å². The molecule has 0 amide bonds. The Hall–Kier alpha value is -1.22. The zero-order valence-electron chi connectivity index (χ0n) is 9.87. The molecule has 0 heterocycles. The van der Waals surface area contributed by atoms with Crippen LogP contribution in [0.4, 0.5) is 4.39 Å². The number of rotatable bonds is 6. The highest BCUT2D eigenvalue weighted by Crippen LogP contribution is 2.08. The predicted octanol–water partition coefficient (Wildman–Crippen LogP) is 2.63. The molecule has 0 aromatic heterocycles. The molecule has 0 saturated carbocycles. The normalized spacial score (nSPS) is 10.8. The fraction of sp³-hybridized carbons (Fsp3) is 0.462. The van der Waals surface area contributed by atoms with E-state index in [0.717, 1.165) is 6.42 Å². The second kappa shape index (κ2) is 6.38. The lowest BCUT2D eigenvalue weighted by Gasteiger charge is -2.15. The van der Waals surface area contributed by atoms with Crippen molar-refractivity contribution < 1.29 is 9.18 Å². The Balaban J connectivity index is 2.48. The number of halogens is 1. The van der Waals surface area contributed by atoms with Crippen molar-refractivity contribution in [3.05, 3.63) is 35.6 Å². The molecule has 16 heavy (non-hydrogen) atoms. The molecule has 3 heteroatoms. The van der Waals surface area contributed by atoms with E-state index in [1.165, 1.54) is 6.07 Å². The molecule has 2 nitrogen and oxygen atoms in total. The minimum Gasteiger partial charge on any atom is -0.298 e. The van der Waals surface area contributed by atoms with Gasteiger partial charge in [0.2, 0.25) is 0 Å². The van der Waals surface area contributed by atoms with Crippen LogP contribution in [0, 0.1) is 5.82 Å². The van der Waals surface area contributed by atoms with Crippen LogP contribution in [0.3, 0.4) is 0 Å². The maximum absolute atomic E-state index is 13.3. The van der Waals surface area contributed by atoms with Crippen LogP contribution in [0.1, 0.15) is 25.3 Å². The first-order chi connectivity index (χ1) is 7.63. The molecule has 0 unspecified atom stereocenters. The van der Waals surface area contributed by atoms with Crippen molar-refractivity contribution in [3.8, 4) is 0 Å². The summed E-state index contributed by atoms with van der Waals surface area (Å²) in [4.78, 5) is 13.2. The third kappa shape index (κ3) is 4.11. The van der Waals surface area contributed by atoms with Crippen molar-refractivity contribution in [3.63, 3.8) is 0 Å². The molecule has 0 radical (unpaired) electrons. The van der Waals surface area contributed by atoms with E-state index >= 15 is 0 Å². The number of nitrogens with zero attached hydrogens (tertiary/aromatic N) is 1. The molecular weight excluding hydrogens is 205 g/mol. The van der Waals surface area contributed by atoms with Gasteiger partial charge in [-0.15, -0.1) is 0 Å². The molecule has 88 valence electrons. The van der Waals surface area contributed by atoms with Crippen LogP contribution in [0.5, 0.6) is 0 Å². The van der Waals surface area contributed by atoms with Crippen molar-refractivity contribution in [1.82, 2.24) is 4.90 Å². The molecule has 0 aliphatic heterocycles. The predicted molar refractivity (Wildman–Crippen MR) is 62.6 cm³/mol. The topological polar surface area (TPSA) is 20.3 Å². The van der Waals surface area contributed by atoms with Crippen LogP contribution in [0.2, 0.25) is 0 Å². The average molecular weight is 223 g/mol. The summed E-state index contributed by atoms with van der Waals surface area (Å²) in [6.45, 7) is 2.85. The van der Waals surface area contributed by atoms with Gasteiger partial charge in [0.1, 0.15) is 11.6 Å². The van der Waals surface area contributed by atoms with Gasteiger partial charge in [-0.05, 0) is 19.5 Å². The summed E-state index contributed by atoms with van der Waals surface area (Å²) in [6, 6.07) is 6.66. The average Bonchev–Trinajstić information content (AvgIpc) is 2.21. The molecule has 0 bridgehead atoms. The number of benzene rings is 1. The van der Waals surface area contributed by atoms with Gasteiger partial charge in [-0.25, -0.2) is 4.39 Å². The second-order valence-electron chi connectivity index (χ2n) is 4.05. The first kappa shape index (κ1) is 12.8. The highest BCUT2D eigenvalue weighted by molar-refractivity contribution is 5.80. The van der Waals surface area contributed by atoms with Crippen molar-refractivity contribution in [1.29, 1.82) is 0 Å². The lowest BCUT2D eigenvalue weighted by molar-refractivity contribution is -0.120. The summed E-state index contributed by atoms with van der Waals surface area (Å²) in [5, 5.41) is 0. The molecule has 1 aromatic carbocycles. The zero-order chi connectivity index (χ0) is 12.0. The van der Waals surface area contributed by atoms with Gasteiger partial charge in [0, 0.05) is 18.5 Å². The Bertz CT molecular complexity index is 352. The highest BCUT2D eigenvalue weighted by Gasteiger charge is 2.08. The standard InChI is InChI=1S/C13H18FNO/c1-3-6-12(16)10-15(2)9-11-7-4-5-8-13(11)14/h4-5,7-8H,3,6,9-10H2,1-2H3. The third-order valence-electron chi connectivity index (χ3n) is 2.37. The monoisotopic (exact) mass is 223 g/mol. The molecule has 0 N–H and O–H groups in total. The first-order valence-corrected chi connectivity index (χ1v) is 5.57. The molecular formula is C13H18FNO. The first-order valence-electron chi connectivity index (χ1n) is 5.57. The van der Waals surface area contributed by atoms with E-state index in [4.69, 9.17) is 0 Å². The Morgan fingerprint density at radius 3 is 2.69 bits per heavy atom. The summed E-state index contributed by atoms with van der Waals surface area (Å²) in [5.74, 6) is -0.00127. The van der Waals surface area contributed by atoms with Gasteiger partial charge in [-0.2, -0.15) is 0 Å². The molecule has 0 aliphatic carbocycles. The molecule has 1 rings (SSSR count). The number of carbonyl (C=O) groups is 1. The third-order valence-corrected chi connectivity index (χ3v) is 2.37. The minimum absolute atomic E-state index is 0.210. The van der Waals surface area contributed by atoms with Crippen molar-refractivity contribution in [2.45, 2.75) is 26.3 Å². The molecule has 0 atom stereocenters. The number of carbonyl (C=O) groups excluding carboxylic acids is 1. The fourth-order valence-electron chi connectivity index (χ4n) is 1.63. The molecule has 0 fully saturated rings. The van der Waals surface area contributed by atoms with Crippen molar-refractivity contribution in [2.24, 2.45) is 0 Å². The summed E-state index contributed by atoms with van der Waals surface area (Å²) in [5.41, 5.74) is 0.634. The van der Waals surface area contributed by atoms with Crippen LogP contribution in [-0.4, -0.2) is 24.3 Å². The number of hydrogen-bond donors (Lipinski definition) is 0. The lowest BCUT2D eigenvalue weighted by atomic mass is 10.2. The van der Waals surface area contributed by atoms with Crippen LogP contribution in [0.15, 0.2) is 24.3 Å². The van der Waals surface area contributed by atoms with Crippen LogP contribution in [0.25, 0.3) is 0 Å². The van der Waals surface area contributed by atoms with Crippen LogP contribution < -0.4 is 0 Å². The minimum atomic E-state index is -0.211. The molecule has 0 spiro atoms. The maximum atomic E-state index is 13.3. The fourth-order valence-corrected chi connectivity index (χ4v) is 1.63. The van der Waals surface area contributed by atoms with E-state index in [9.17, 15) is 9.18 Å². The zero-order valence-corrected chi connectivity index (χ0v) is 9.87. The van der Waals surface area contributed by atoms with Crippen molar-refractivity contribution in [2.75, 3.05) is 13.6 Å². The Labute approximate surface area is 96.1 Å². The number of Topliss-reactive ketones (excluding diaryl/α,β-unsaturated/α-hetero) is 1. The Kier molecular flexibility index (Phi) is 5.12. The molecule has 0 aliphatic rings. The van der Waals surface area contributed by atoms with Gasteiger partial charge >= 0.3 is 0 Å². The number of likely N-dealkylation sites (N-methyl/N-ethyl adjacent to an activating group) is 1. The van der Waals surface area contributed by atoms with Crippen LogP contribution in [-0.2, 0) is 11.3 Å². The number of ketones is 1. The summed E-state index contributed by atoms with van der Waals surface area (Å²) in [6.07, 6.45) is 1.47. The van der Waals surface area contributed by atoms with Crippen molar-refractivity contribution >= 4 is 5.78 Å². The second-order valence-corrected chi connectivity index (χ2v) is 4.05. The van der Waals surface area contributed by atoms with Gasteiger partial charge in [0.05, 0.1) is 6.54 Å². The van der Waals surface area contributed by atoms with E-state index in [-0.39, 0.29) is 11.6 Å².